The number of aryl methyl sites for hydroxylation is 1. The van der Waals surface area contributed by atoms with Crippen LogP contribution in [0.5, 0.6) is 0 Å². The van der Waals surface area contributed by atoms with Gasteiger partial charge in [-0.1, -0.05) is 31.2 Å². The second-order valence-electron chi connectivity index (χ2n) is 5.54. The van der Waals surface area contributed by atoms with Gasteiger partial charge in [-0.15, -0.1) is 0 Å². The van der Waals surface area contributed by atoms with Crippen LogP contribution in [0.2, 0.25) is 0 Å². The number of benzene rings is 2. The monoisotopic (exact) mass is 353 g/mol. The van der Waals surface area contributed by atoms with E-state index in [-0.39, 0.29) is 12.5 Å². The third-order valence-corrected chi connectivity index (χ3v) is 3.98. The van der Waals surface area contributed by atoms with Crippen LogP contribution in [0.25, 0.3) is 11.0 Å². The van der Waals surface area contributed by atoms with E-state index in [1.165, 1.54) is 5.56 Å². The maximum atomic E-state index is 12.1. The van der Waals surface area contributed by atoms with Crippen molar-refractivity contribution in [2.24, 2.45) is 0 Å². The lowest BCUT2D eigenvalue weighted by Gasteiger charge is -2.12. The normalized spacial score (nSPS) is 10.4. The van der Waals surface area contributed by atoms with Gasteiger partial charge in [0.1, 0.15) is 6.54 Å². The molecule has 1 amide bonds. The quantitative estimate of drug-likeness (QED) is 0.497. The van der Waals surface area contributed by atoms with Crippen molar-refractivity contribution in [3.05, 3.63) is 60.4 Å². The molecule has 0 radical (unpaired) electrons. The molecule has 25 heavy (non-hydrogen) atoms. The van der Waals surface area contributed by atoms with Crippen LogP contribution in [0.1, 0.15) is 12.5 Å². The number of imidazole rings is 1. The molecule has 0 fully saturated rings. The smallest absolute Gasteiger partial charge is 0.258 e. The highest BCUT2D eigenvalue weighted by atomic mass is 32.1. The van der Waals surface area contributed by atoms with E-state index in [2.05, 4.69) is 28.1 Å². The minimum absolute atomic E-state index is 0.154. The number of anilines is 1. The molecular formula is C18H19N5OS. The predicted octanol–water partition coefficient (Wildman–Crippen LogP) is 2.62. The Morgan fingerprint density at radius 2 is 1.88 bits per heavy atom. The second kappa shape index (κ2) is 7.76. The molecule has 3 N–H and O–H groups in total. The van der Waals surface area contributed by atoms with Gasteiger partial charge in [-0.3, -0.25) is 15.6 Å². The number of carbonyl (C=O) groups is 1. The summed E-state index contributed by atoms with van der Waals surface area (Å²) in [6.45, 7) is 2.26. The molecule has 7 heteroatoms. The minimum atomic E-state index is -0.214. The zero-order chi connectivity index (χ0) is 17.6. The van der Waals surface area contributed by atoms with E-state index in [0.29, 0.717) is 5.11 Å². The Kier molecular flexibility index (Phi) is 5.25. The molecular weight excluding hydrogens is 334 g/mol. The van der Waals surface area contributed by atoms with Crippen molar-refractivity contribution in [3.63, 3.8) is 0 Å². The zero-order valence-corrected chi connectivity index (χ0v) is 14.6. The number of amides is 1. The number of hydrogen-bond acceptors (Lipinski definition) is 3. The van der Waals surface area contributed by atoms with Crippen LogP contribution in [-0.2, 0) is 17.8 Å². The average molecular weight is 353 g/mol. The van der Waals surface area contributed by atoms with Crippen molar-refractivity contribution in [2.45, 2.75) is 19.9 Å². The molecule has 1 aromatic heterocycles. The third kappa shape index (κ3) is 4.33. The fraction of sp³-hybridized carbons (Fsp3) is 0.167. The maximum Gasteiger partial charge on any atom is 0.258 e. The first kappa shape index (κ1) is 16.9. The van der Waals surface area contributed by atoms with Crippen LogP contribution in [0.4, 0.5) is 5.69 Å². The van der Waals surface area contributed by atoms with Gasteiger partial charge in [0.2, 0.25) is 0 Å². The summed E-state index contributed by atoms with van der Waals surface area (Å²) in [5.41, 5.74) is 9.18. The Morgan fingerprint density at radius 3 is 2.64 bits per heavy atom. The lowest BCUT2D eigenvalue weighted by Crippen LogP contribution is -2.45. The molecule has 0 bridgehead atoms. The van der Waals surface area contributed by atoms with Crippen LogP contribution in [0.15, 0.2) is 54.9 Å². The van der Waals surface area contributed by atoms with Crippen molar-refractivity contribution in [1.29, 1.82) is 0 Å². The number of rotatable bonds is 4. The van der Waals surface area contributed by atoms with Crippen LogP contribution in [0, 0.1) is 0 Å². The number of hydrazine groups is 1. The largest absolute Gasteiger partial charge is 0.331 e. The highest BCUT2D eigenvalue weighted by molar-refractivity contribution is 7.80. The fourth-order valence-corrected chi connectivity index (χ4v) is 2.61. The topological polar surface area (TPSA) is 71.0 Å². The first-order valence-electron chi connectivity index (χ1n) is 8.00. The molecule has 0 unspecified atom stereocenters. The van der Waals surface area contributed by atoms with Gasteiger partial charge < -0.3 is 9.88 Å². The van der Waals surface area contributed by atoms with Gasteiger partial charge in [-0.05, 0) is 48.5 Å². The van der Waals surface area contributed by atoms with E-state index in [1.807, 2.05) is 48.5 Å². The van der Waals surface area contributed by atoms with Gasteiger partial charge >= 0.3 is 0 Å². The SMILES string of the molecule is CCc1ccc(NC(=S)NNC(=O)Cn2cnc3ccccc32)cc1. The second-order valence-corrected chi connectivity index (χ2v) is 5.95. The first-order valence-corrected chi connectivity index (χ1v) is 8.41. The minimum Gasteiger partial charge on any atom is -0.331 e. The molecule has 0 aliphatic heterocycles. The number of fused-ring (bicyclic) bond motifs is 1. The summed E-state index contributed by atoms with van der Waals surface area (Å²) in [7, 11) is 0. The summed E-state index contributed by atoms with van der Waals surface area (Å²) in [5.74, 6) is -0.214. The van der Waals surface area contributed by atoms with Crippen molar-refractivity contribution < 1.29 is 4.79 Å². The Bertz CT molecular complexity index is 888. The van der Waals surface area contributed by atoms with Crippen molar-refractivity contribution in [1.82, 2.24) is 20.4 Å². The molecule has 2 aromatic carbocycles. The molecule has 3 aromatic rings. The van der Waals surface area contributed by atoms with E-state index in [0.717, 1.165) is 23.1 Å². The molecule has 0 aliphatic rings. The van der Waals surface area contributed by atoms with E-state index >= 15 is 0 Å². The highest BCUT2D eigenvalue weighted by Gasteiger charge is 2.07. The van der Waals surface area contributed by atoms with Crippen molar-refractivity contribution >= 4 is 40.0 Å². The van der Waals surface area contributed by atoms with Gasteiger partial charge in [-0.25, -0.2) is 4.98 Å². The predicted molar refractivity (Wildman–Crippen MR) is 103 cm³/mol. The number of aromatic nitrogens is 2. The summed E-state index contributed by atoms with van der Waals surface area (Å²) < 4.78 is 1.78. The van der Waals surface area contributed by atoms with E-state index in [4.69, 9.17) is 12.2 Å². The van der Waals surface area contributed by atoms with Crippen molar-refractivity contribution in [2.75, 3.05) is 5.32 Å². The van der Waals surface area contributed by atoms with Gasteiger partial charge in [0.05, 0.1) is 17.4 Å². The lowest BCUT2D eigenvalue weighted by molar-refractivity contribution is -0.122. The number of thiocarbonyl (C=S) groups is 1. The van der Waals surface area contributed by atoms with Gasteiger partial charge in [0.25, 0.3) is 5.91 Å². The van der Waals surface area contributed by atoms with E-state index in [1.54, 1.807) is 10.9 Å². The molecule has 6 nitrogen and oxygen atoms in total. The Morgan fingerprint density at radius 1 is 1.12 bits per heavy atom. The van der Waals surface area contributed by atoms with Crippen LogP contribution in [0.3, 0.4) is 0 Å². The van der Waals surface area contributed by atoms with Gasteiger partial charge in [0, 0.05) is 5.69 Å². The first-order chi connectivity index (χ1) is 12.2. The fourth-order valence-electron chi connectivity index (χ4n) is 2.44. The van der Waals surface area contributed by atoms with Crippen molar-refractivity contribution in [3.8, 4) is 0 Å². The highest BCUT2D eigenvalue weighted by Crippen LogP contribution is 2.11. The Labute approximate surface area is 151 Å². The number of nitrogens with one attached hydrogen (secondary N) is 3. The molecule has 0 atom stereocenters. The van der Waals surface area contributed by atoms with Gasteiger partial charge in [0.15, 0.2) is 5.11 Å². The Hall–Kier alpha value is -2.93. The van der Waals surface area contributed by atoms with Crippen LogP contribution >= 0.6 is 12.2 Å². The summed E-state index contributed by atoms with van der Waals surface area (Å²) in [6, 6.07) is 15.6. The number of nitrogens with zero attached hydrogens (tertiary/aromatic N) is 2. The summed E-state index contributed by atoms with van der Waals surface area (Å²) in [4.78, 5) is 16.3. The molecule has 0 spiro atoms. The van der Waals surface area contributed by atoms with Gasteiger partial charge in [-0.2, -0.15) is 0 Å². The summed E-state index contributed by atoms with van der Waals surface area (Å²) >= 11 is 5.18. The summed E-state index contributed by atoms with van der Waals surface area (Å²) in [6.07, 6.45) is 2.64. The summed E-state index contributed by atoms with van der Waals surface area (Å²) in [5, 5.41) is 3.35. The average Bonchev–Trinajstić information content (AvgIpc) is 3.04. The Balaban J connectivity index is 1.50. The number of hydrogen-bond donors (Lipinski definition) is 3. The van der Waals surface area contributed by atoms with Crippen LogP contribution in [-0.4, -0.2) is 20.6 Å². The molecule has 128 valence electrons. The molecule has 1 heterocycles. The van der Waals surface area contributed by atoms with E-state index in [9.17, 15) is 4.79 Å². The van der Waals surface area contributed by atoms with E-state index < -0.39 is 0 Å². The number of carbonyl (C=O) groups excluding carboxylic acids is 1. The van der Waals surface area contributed by atoms with Crippen LogP contribution < -0.4 is 16.2 Å². The molecule has 0 aliphatic carbocycles. The molecule has 3 rings (SSSR count). The molecule has 0 saturated carbocycles. The zero-order valence-electron chi connectivity index (χ0n) is 13.8. The third-order valence-electron chi connectivity index (χ3n) is 3.78. The standard InChI is InChI=1S/C18H19N5OS/c1-2-13-7-9-14(10-8-13)20-18(25)22-21-17(24)11-23-12-19-15-5-3-4-6-16(15)23/h3-10,12H,2,11H2,1H3,(H,21,24)(H2,20,22,25). The maximum absolute atomic E-state index is 12.1. The lowest BCUT2D eigenvalue weighted by atomic mass is 10.1. The number of para-hydroxylation sites is 2. The molecule has 0 saturated heterocycles.